The molecule has 1 saturated carbocycles. The van der Waals surface area contributed by atoms with Crippen LogP contribution >= 0.6 is 0 Å². The van der Waals surface area contributed by atoms with E-state index in [1.54, 1.807) is 17.8 Å². The van der Waals surface area contributed by atoms with Gasteiger partial charge in [-0.25, -0.2) is 28.7 Å². The van der Waals surface area contributed by atoms with Gasteiger partial charge >= 0.3 is 6.18 Å². The van der Waals surface area contributed by atoms with Crippen molar-refractivity contribution in [1.82, 2.24) is 24.5 Å². The van der Waals surface area contributed by atoms with Gasteiger partial charge in [0.15, 0.2) is 17.1 Å². The van der Waals surface area contributed by atoms with Gasteiger partial charge in [-0.15, -0.1) is 0 Å². The van der Waals surface area contributed by atoms with Crippen molar-refractivity contribution in [2.24, 2.45) is 24.8 Å². The van der Waals surface area contributed by atoms with Crippen molar-refractivity contribution in [3.8, 4) is 17.3 Å². The highest BCUT2D eigenvalue weighted by Gasteiger charge is 2.56. The van der Waals surface area contributed by atoms with Crippen LogP contribution in [0, 0.1) is 29.4 Å². The Morgan fingerprint density at radius 3 is 2.42 bits per heavy atom. The van der Waals surface area contributed by atoms with Crippen LogP contribution in [0.2, 0.25) is 0 Å². The van der Waals surface area contributed by atoms with Crippen LogP contribution in [0.3, 0.4) is 0 Å². The average molecular weight is 502 g/mol. The van der Waals surface area contributed by atoms with E-state index in [0.29, 0.717) is 41.5 Å². The molecule has 4 heterocycles. The first-order chi connectivity index (χ1) is 17.2. The number of rotatable bonds is 5. The van der Waals surface area contributed by atoms with Gasteiger partial charge in [0.2, 0.25) is 0 Å². The molecule has 1 aliphatic heterocycles. The maximum atomic E-state index is 13.3. The molecule has 0 spiro atoms. The molecule has 1 aromatic carbocycles. The third kappa shape index (κ3) is 3.99. The van der Waals surface area contributed by atoms with Crippen LogP contribution in [-0.2, 0) is 13.2 Å². The van der Waals surface area contributed by atoms with E-state index in [-0.39, 0.29) is 17.3 Å². The number of aryl methyl sites for hydroxylation is 1. The van der Waals surface area contributed by atoms with Gasteiger partial charge in [0.1, 0.15) is 34.6 Å². The van der Waals surface area contributed by atoms with E-state index in [2.05, 4.69) is 24.8 Å². The Morgan fingerprint density at radius 2 is 1.72 bits per heavy atom. The van der Waals surface area contributed by atoms with Gasteiger partial charge in [0.05, 0.1) is 12.8 Å². The number of benzene rings is 1. The molecule has 3 aromatic heterocycles. The third-order valence-corrected chi connectivity index (χ3v) is 6.81. The summed E-state index contributed by atoms with van der Waals surface area (Å²) in [7, 11) is 1.66. The van der Waals surface area contributed by atoms with E-state index in [1.807, 2.05) is 0 Å². The standard InChI is InChI=1S/C24H19F5N6O/c1-34-22(18-3-2-4-19(31-18)24(27,28)29)33-21-23(34)32-20(8-30-21)35-9-15-16(10-35)17(15)11-36-14-6-12(25)5-13(26)7-14/h2-8,15-17H,9-11H2,1H3/t15-,16+,17+. The van der Waals surface area contributed by atoms with Crippen LogP contribution in [-0.4, -0.2) is 44.2 Å². The molecule has 12 heteroatoms. The summed E-state index contributed by atoms with van der Waals surface area (Å²) < 4.78 is 73.1. The number of imidazole rings is 1. The molecule has 6 rings (SSSR count). The van der Waals surface area contributed by atoms with Crippen LogP contribution in [0.15, 0.2) is 42.6 Å². The van der Waals surface area contributed by atoms with Crippen LogP contribution in [0.5, 0.6) is 5.75 Å². The number of piperidine rings is 1. The zero-order chi connectivity index (χ0) is 25.2. The third-order valence-electron chi connectivity index (χ3n) is 6.81. The number of halogens is 5. The lowest BCUT2D eigenvalue weighted by molar-refractivity contribution is -0.141. The van der Waals surface area contributed by atoms with Crippen molar-refractivity contribution in [3.63, 3.8) is 0 Å². The molecule has 1 saturated heterocycles. The highest BCUT2D eigenvalue weighted by atomic mass is 19.4. The molecule has 0 N–H and O–H groups in total. The van der Waals surface area contributed by atoms with E-state index >= 15 is 0 Å². The van der Waals surface area contributed by atoms with E-state index in [4.69, 9.17) is 4.74 Å². The summed E-state index contributed by atoms with van der Waals surface area (Å²) in [5, 5.41) is 0. The number of nitrogens with zero attached hydrogens (tertiary/aromatic N) is 6. The fraction of sp³-hybridized carbons (Fsp3) is 0.333. The number of hydrogen-bond donors (Lipinski definition) is 0. The Kier molecular flexibility index (Phi) is 5.09. The second kappa shape index (κ2) is 8.10. The number of pyridine rings is 1. The summed E-state index contributed by atoms with van der Waals surface area (Å²) in [6, 6.07) is 6.79. The predicted molar refractivity (Wildman–Crippen MR) is 119 cm³/mol. The lowest BCUT2D eigenvalue weighted by Crippen LogP contribution is -2.26. The maximum Gasteiger partial charge on any atom is 0.433 e. The molecule has 36 heavy (non-hydrogen) atoms. The van der Waals surface area contributed by atoms with Gasteiger partial charge < -0.3 is 14.2 Å². The Morgan fingerprint density at radius 1 is 1.00 bits per heavy atom. The zero-order valence-electron chi connectivity index (χ0n) is 18.9. The topological polar surface area (TPSA) is 69.0 Å². The molecular formula is C24H19F5N6O. The largest absolute Gasteiger partial charge is 0.493 e. The molecule has 4 aromatic rings. The number of ether oxygens (including phenoxy) is 1. The highest BCUT2D eigenvalue weighted by Crippen LogP contribution is 2.52. The maximum absolute atomic E-state index is 13.3. The molecule has 7 nitrogen and oxygen atoms in total. The Hall–Kier alpha value is -3.83. The first-order valence-corrected chi connectivity index (χ1v) is 11.3. The Bertz CT molecular complexity index is 1440. The Balaban J connectivity index is 1.16. The smallest absolute Gasteiger partial charge is 0.433 e. The predicted octanol–water partition coefficient (Wildman–Crippen LogP) is 4.48. The summed E-state index contributed by atoms with van der Waals surface area (Å²) >= 11 is 0. The quantitative estimate of drug-likeness (QED) is 0.375. The Labute approximate surface area is 201 Å². The van der Waals surface area contributed by atoms with Gasteiger partial charge in [-0.1, -0.05) is 6.07 Å². The van der Waals surface area contributed by atoms with Crippen molar-refractivity contribution in [2.75, 3.05) is 24.6 Å². The average Bonchev–Trinajstić information content (AvgIpc) is 3.13. The van der Waals surface area contributed by atoms with Crippen LogP contribution in [0.1, 0.15) is 5.69 Å². The summed E-state index contributed by atoms with van der Waals surface area (Å²) in [4.78, 5) is 19.2. The van der Waals surface area contributed by atoms with E-state index in [9.17, 15) is 22.0 Å². The minimum absolute atomic E-state index is 0.0807. The van der Waals surface area contributed by atoms with Gasteiger partial charge in [-0.05, 0) is 24.0 Å². The lowest BCUT2D eigenvalue weighted by atomic mass is 10.2. The van der Waals surface area contributed by atoms with Gasteiger partial charge in [-0.2, -0.15) is 13.2 Å². The molecule has 0 bridgehead atoms. The first kappa shape index (κ1) is 22.6. The SMILES string of the molecule is Cn1c(-c2cccc(C(F)(F)F)n2)nc2ncc(N3C[C@@H]4[C@@H](COc5cc(F)cc(F)c5)[C@@H]4C3)nc21. The summed E-state index contributed by atoms with van der Waals surface area (Å²) in [5.41, 5.74) is -0.160. The first-order valence-electron chi connectivity index (χ1n) is 11.3. The molecular weight excluding hydrogens is 483 g/mol. The summed E-state index contributed by atoms with van der Waals surface area (Å²) in [6.07, 6.45) is -2.96. The van der Waals surface area contributed by atoms with Gasteiger partial charge in [0, 0.05) is 44.3 Å². The number of hydrogen-bond acceptors (Lipinski definition) is 6. The second-order valence-corrected chi connectivity index (χ2v) is 9.09. The number of fused-ring (bicyclic) bond motifs is 2. The van der Waals surface area contributed by atoms with Crippen molar-refractivity contribution in [2.45, 2.75) is 6.18 Å². The molecule has 2 aliphatic rings. The molecule has 0 amide bonds. The fourth-order valence-electron chi connectivity index (χ4n) is 4.93. The molecule has 2 fully saturated rings. The molecule has 186 valence electrons. The number of aromatic nitrogens is 5. The molecule has 0 unspecified atom stereocenters. The summed E-state index contributed by atoms with van der Waals surface area (Å²) in [5.74, 6) is 0.741. The number of anilines is 1. The van der Waals surface area contributed by atoms with E-state index < -0.39 is 23.5 Å². The van der Waals surface area contributed by atoms with Gasteiger partial charge in [-0.3, -0.25) is 0 Å². The summed E-state index contributed by atoms with van der Waals surface area (Å²) in [6.45, 7) is 1.85. The van der Waals surface area contributed by atoms with Crippen molar-refractivity contribution < 1.29 is 26.7 Å². The van der Waals surface area contributed by atoms with Crippen LogP contribution in [0.4, 0.5) is 27.8 Å². The minimum Gasteiger partial charge on any atom is -0.493 e. The normalized spacial score (nSPS) is 21.2. The second-order valence-electron chi connectivity index (χ2n) is 9.09. The van der Waals surface area contributed by atoms with Crippen LogP contribution < -0.4 is 9.64 Å². The molecule has 1 aliphatic carbocycles. The monoisotopic (exact) mass is 502 g/mol. The molecule has 0 radical (unpaired) electrons. The highest BCUT2D eigenvalue weighted by molar-refractivity contribution is 5.74. The van der Waals surface area contributed by atoms with Crippen LogP contribution in [0.25, 0.3) is 22.8 Å². The molecule has 3 atom stereocenters. The minimum atomic E-state index is -4.56. The van der Waals surface area contributed by atoms with Crippen molar-refractivity contribution in [1.29, 1.82) is 0 Å². The van der Waals surface area contributed by atoms with Crippen molar-refractivity contribution >= 4 is 17.1 Å². The lowest BCUT2D eigenvalue weighted by Gasteiger charge is -2.20. The zero-order valence-corrected chi connectivity index (χ0v) is 18.9. The van der Waals surface area contributed by atoms with Gasteiger partial charge in [0.25, 0.3) is 0 Å². The van der Waals surface area contributed by atoms with Crippen molar-refractivity contribution in [3.05, 3.63) is 59.9 Å². The number of alkyl halides is 3. The fourth-order valence-corrected chi connectivity index (χ4v) is 4.93. The van der Waals surface area contributed by atoms with E-state index in [1.165, 1.54) is 12.1 Å². The van der Waals surface area contributed by atoms with E-state index in [0.717, 1.165) is 37.4 Å².